The number of fused-ring (bicyclic) bond motifs is 2. The van der Waals surface area contributed by atoms with Gasteiger partial charge < -0.3 is 29.0 Å². The largest absolute Gasteiger partial charge is 0.488 e. The molecule has 0 radical (unpaired) electrons. The fourth-order valence-electron chi connectivity index (χ4n) is 5.56. The Labute approximate surface area is 268 Å². The van der Waals surface area contributed by atoms with E-state index in [9.17, 15) is 4.79 Å². The topological polar surface area (TPSA) is 131 Å². The summed E-state index contributed by atoms with van der Waals surface area (Å²) in [6, 6.07) is 18.1. The Morgan fingerprint density at radius 3 is 2.59 bits per heavy atom. The molecule has 2 fully saturated rings. The van der Waals surface area contributed by atoms with E-state index in [4.69, 9.17) is 23.7 Å². The Hall–Kier alpha value is -4.36. The molecule has 2 aliphatic rings. The van der Waals surface area contributed by atoms with Crippen LogP contribution in [0.4, 0.5) is 10.6 Å². The van der Waals surface area contributed by atoms with Crippen LogP contribution in [0.2, 0.25) is 0 Å². The summed E-state index contributed by atoms with van der Waals surface area (Å²) in [5.74, 6) is 0.286. The number of anilines is 1. The lowest BCUT2D eigenvalue weighted by Crippen LogP contribution is -2.37. The normalized spacial score (nSPS) is 22.3. The van der Waals surface area contributed by atoms with Crippen molar-refractivity contribution in [2.45, 2.75) is 77.2 Å². The molecular formula is C34H40N6O6. The Kier molecular flexibility index (Phi) is 9.05. The summed E-state index contributed by atoms with van der Waals surface area (Å²) >= 11 is 0. The number of aromatic nitrogens is 4. The zero-order valence-corrected chi connectivity index (χ0v) is 26.7. The summed E-state index contributed by atoms with van der Waals surface area (Å²) in [4.78, 5) is 25.6. The number of nitrogens with one attached hydrogen (secondary N) is 2. The van der Waals surface area contributed by atoms with Gasteiger partial charge in [0.05, 0.1) is 6.33 Å². The number of nitrogens with zero attached hydrogens (tertiary/aromatic N) is 4. The molecule has 12 heteroatoms. The van der Waals surface area contributed by atoms with Crippen LogP contribution in [-0.2, 0) is 25.6 Å². The van der Waals surface area contributed by atoms with Crippen LogP contribution in [-0.4, -0.2) is 68.4 Å². The average molecular weight is 629 g/mol. The van der Waals surface area contributed by atoms with E-state index in [0.29, 0.717) is 30.9 Å². The monoisotopic (exact) mass is 628 g/mol. The first-order valence-corrected chi connectivity index (χ1v) is 15.4. The summed E-state index contributed by atoms with van der Waals surface area (Å²) in [5, 5.41) is 6.14. The van der Waals surface area contributed by atoms with Crippen LogP contribution in [0.15, 0.2) is 73.3 Å². The van der Waals surface area contributed by atoms with Crippen molar-refractivity contribution >= 4 is 29.2 Å². The predicted molar refractivity (Wildman–Crippen MR) is 172 cm³/mol. The van der Waals surface area contributed by atoms with Crippen LogP contribution in [0.3, 0.4) is 0 Å². The van der Waals surface area contributed by atoms with E-state index < -0.39 is 29.8 Å². The third-order valence-corrected chi connectivity index (χ3v) is 7.44. The van der Waals surface area contributed by atoms with Gasteiger partial charge in [0.15, 0.2) is 29.0 Å². The van der Waals surface area contributed by atoms with Gasteiger partial charge in [-0.1, -0.05) is 60.7 Å². The molecule has 2 aliphatic heterocycles. The van der Waals surface area contributed by atoms with Crippen LogP contribution in [0.25, 0.3) is 17.2 Å². The molecule has 0 bridgehead atoms. The number of carbonyl (C=O) groups excluding carboxylic acids is 1. The predicted octanol–water partition coefficient (Wildman–Crippen LogP) is 5.47. The van der Waals surface area contributed by atoms with E-state index >= 15 is 0 Å². The molecule has 2 N–H and O–H groups in total. The highest BCUT2D eigenvalue weighted by atomic mass is 16.8. The molecule has 2 saturated heterocycles. The van der Waals surface area contributed by atoms with Crippen molar-refractivity contribution in [3.8, 4) is 5.75 Å². The number of ether oxygens (including phenoxy) is 5. The lowest BCUT2D eigenvalue weighted by atomic mass is 10.1. The number of amides is 1. The minimum absolute atomic E-state index is 0.244. The summed E-state index contributed by atoms with van der Waals surface area (Å²) in [5.41, 5.74) is 2.36. The maximum atomic E-state index is 12.4. The maximum Gasteiger partial charge on any atom is 0.413 e. The molecule has 2 aromatic carbocycles. The van der Waals surface area contributed by atoms with E-state index in [0.717, 1.165) is 16.9 Å². The Balaban J connectivity index is 1.10. The number of carbonyl (C=O) groups is 1. The van der Waals surface area contributed by atoms with E-state index in [2.05, 4.69) is 31.7 Å². The molecule has 0 aliphatic carbocycles. The molecule has 6 rings (SSSR count). The van der Waals surface area contributed by atoms with Gasteiger partial charge >= 0.3 is 6.09 Å². The Morgan fingerprint density at radius 2 is 1.78 bits per heavy atom. The second-order valence-electron chi connectivity index (χ2n) is 12.7. The minimum Gasteiger partial charge on any atom is -0.488 e. The lowest BCUT2D eigenvalue weighted by molar-refractivity contribution is -0.195. The number of para-hydroxylation sites is 1. The van der Waals surface area contributed by atoms with Gasteiger partial charge in [0, 0.05) is 18.7 Å². The van der Waals surface area contributed by atoms with Crippen molar-refractivity contribution in [3.63, 3.8) is 0 Å². The van der Waals surface area contributed by atoms with Crippen molar-refractivity contribution in [2.24, 2.45) is 0 Å². The van der Waals surface area contributed by atoms with Crippen LogP contribution in [0.5, 0.6) is 5.75 Å². The van der Waals surface area contributed by atoms with Crippen LogP contribution in [0.1, 0.15) is 52.0 Å². The zero-order valence-electron chi connectivity index (χ0n) is 26.7. The molecule has 2 aromatic heterocycles. The highest BCUT2D eigenvalue weighted by Gasteiger charge is 2.56. The van der Waals surface area contributed by atoms with E-state index in [1.54, 1.807) is 31.7 Å². The molecule has 46 heavy (non-hydrogen) atoms. The zero-order chi connectivity index (χ0) is 32.3. The van der Waals surface area contributed by atoms with E-state index in [1.165, 1.54) is 6.33 Å². The smallest absolute Gasteiger partial charge is 0.413 e. The molecular weight excluding hydrogens is 588 g/mol. The summed E-state index contributed by atoms with van der Waals surface area (Å²) in [6.45, 7) is 10.8. The van der Waals surface area contributed by atoms with Gasteiger partial charge in [-0.3, -0.25) is 9.88 Å². The van der Waals surface area contributed by atoms with Crippen molar-refractivity contribution in [3.05, 3.63) is 84.5 Å². The number of imidazole rings is 1. The highest BCUT2D eigenvalue weighted by Crippen LogP contribution is 2.43. The standard InChI is InChI=1S/C34H40N6O6/c1-33(2,3)46-32(41)39-29-26-30(37-20-36-29)40(21-38-26)31-28-27(44-34(4,5)45-28)25(43-31)18-35-17-11-15-23-14-9-10-16-24(23)42-19-22-12-7-6-8-13-22/h6-16,20-21,25,27-28,31,35H,17-19H2,1-5H3,(H,36,37,39,41)/b15-11+/t25-,27+,28?,31-/m1/s1. The second-order valence-corrected chi connectivity index (χ2v) is 12.7. The fourth-order valence-corrected chi connectivity index (χ4v) is 5.56. The van der Waals surface area contributed by atoms with Gasteiger partial charge in [-0.25, -0.2) is 19.7 Å². The third-order valence-electron chi connectivity index (χ3n) is 7.44. The van der Waals surface area contributed by atoms with Crippen LogP contribution >= 0.6 is 0 Å². The molecule has 4 atom stereocenters. The summed E-state index contributed by atoms with van der Waals surface area (Å²) in [7, 11) is 0. The molecule has 1 amide bonds. The number of rotatable bonds is 10. The van der Waals surface area contributed by atoms with Crippen molar-refractivity contribution in [1.29, 1.82) is 0 Å². The van der Waals surface area contributed by atoms with Crippen LogP contribution in [0, 0.1) is 0 Å². The molecule has 0 saturated carbocycles. The quantitative estimate of drug-likeness (QED) is 0.218. The minimum atomic E-state index is -0.784. The third kappa shape index (κ3) is 7.37. The maximum absolute atomic E-state index is 12.4. The molecule has 12 nitrogen and oxygen atoms in total. The van der Waals surface area contributed by atoms with Gasteiger partial charge in [0.2, 0.25) is 0 Å². The molecule has 242 valence electrons. The SMILES string of the molecule is CC(C)(C)OC(=O)Nc1ncnc2c1ncn2[C@@H]1O[C@H](CNC/C=C/c2ccccc2OCc2ccccc2)[C@@H]2OC(C)(C)OC21. The van der Waals surface area contributed by atoms with Crippen LogP contribution < -0.4 is 15.4 Å². The second kappa shape index (κ2) is 13.2. The fraction of sp³-hybridized carbons (Fsp3) is 0.412. The number of hydrogen-bond donors (Lipinski definition) is 2. The van der Waals surface area contributed by atoms with Crippen molar-refractivity contribution in [1.82, 2.24) is 24.8 Å². The Bertz CT molecular complexity index is 1680. The van der Waals surface area contributed by atoms with Gasteiger partial charge in [0.1, 0.15) is 42.6 Å². The molecule has 0 spiro atoms. The van der Waals surface area contributed by atoms with Gasteiger partial charge in [-0.05, 0) is 46.2 Å². The first-order valence-electron chi connectivity index (χ1n) is 15.4. The summed E-state index contributed by atoms with van der Waals surface area (Å²) in [6.07, 6.45) is 4.89. The first-order chi connectivity index (χ1) is 22.1. The number of benzene rings is 2. The highest BCUT2D eigenvalue weighted by molar-refractivity contribution is 5.93. The molecule has 4 aromatic rings. The van der Waals surface area contributed by atoms with E-state index in [1.807, 2.05) is 74.5 Å². The van der Waals surface area contributed by atoms with Gasteiger partial charge in [0.25, 0.3) is 0 Å². The van der Waals surface area contributed by atoms with Crippen molar-refractivity contribution < 1.29 is 28.5 Å². The average Bonchev–Trinajstić information content (AvgIpc) is 3.67. The van der Waals surface area contributed by atoms with Gasteiger partial charge in [-0.15, -0.1) is 0 Å². The molecule has 4 heterocycles. The molecule has 1 unspecified atom stereocenters. The van der Waals surface area contributed by atoms with Crippen molar-refractivity contribution in [2.75, 3.05) is 18.4 Å². The van der Waals surface area contributed by atoms with E-state index in [-0.39, 0.29) is 18.0 Å². The number of hydrogen-bond acceptors (Lipinski definition) is 10. The Morgan fingerprint density at radius 1 is 1.02 bits per heavy atom. The first kappa shape index (κ1) is 31.6. The lowest BCUT2D eigenvalue weighted by Gasteiger charge is -2.25. The summed E-state index contributed by atoms with van der Waals surface area (Å²) < 4.78 is 32.4. The van der Waals surface area contributed by atoms with Gasteiger partial charge in [-0.2, -0.15) is 0 Å².